The summed E-state index contributed by atoms with van der Waals surface area (Å²) in [6.07, 6.45) is 1.49. The highest BCUT2D eigenvalue weighted by Crippen LogP contribution is 2.24. The van der Waals surface area contributed by atoms with Crippen LogP contribution in [0.1, 0.15) is 0 Å². The Morgan fingerprint density at radius 3 is 2.54 bits per heavy atom. The number of rotatable bonds is 3. The molecule has 0 atom stereocenters. The van der Waals surface area contributed by atoms with Gasteiger partial charge in [-0.05, 0) is 24.3 Å². The van der Waals surface area contributed by atoms with E-state index in [-0.39, 0.29) is 17.7 Å². The van der Waals surface area contributed by atoms with Crippen LogP contribution in [0.5, 0.6) is 0 Å². The molecule has 0 aliphatic carbocycles. The lowest BCUT2D eigenvalue weighted by atomic mass is 10.2. The first-order valence-electron chi connectivity index (χ1n) is 8.17. The van der Waals surface area contributed by atoms with Gasteiger partial charge in [0.25, 0.3) is 5.56 Å². The Kier molecular flexibility index (Phi) is 3.08. The van der Waals surface area contributed by atoms with Crippen molar-refractivity contribution in [2.24, 2.45) is 0 Å². The van der Waals surface area contributed by atoms with Gasteiger partial charge < -0.3 is 8.83 Å². The van der Waals surface area contributed by atoms with Crippen LogP contribution in [0, 0.1) is 0 Å². The number of aromatic nitrogens is 3. The van der Waals surface area contributed by atoms with Crippen molar-refractivity contribution in [1.82, 2.24) is 14.1 Å². The SMILES string of the molecule is O=c1c2oc3ccccc3c2ncn1CCn1c(=O)oc2ccccc21. The van der Waals surface area contributed by atoms with Crippen LogP contribution in [0.15, 0.2) is 73.3 Å². The van der Waals surface area contributed by atoms with Gasteiger partial charge in [0.1, 0.15) is 11.1 Å². The third-order valence-electron chi connectivity index (χ3n) is 4.49. The van der Waals surface area contributed by atoms with Crippen molar-refractivity contribution in [3.63, 3.8) is 0 Å². The number of aryl methyl sites for hydroxylation is 2. The molecule has 0 aliphatic rings. The van der Waals surface area contributed by atoms with Crippen LogP contribution >= 0.6 is 0 Å². The summed E-state index contributed by atoms with van der Waals surface area (Å²) in [5, 5.41) is 0.809. The molecule has 0 bridgehead atoms. The average Bonchev–Trinajstić information content (AvgIpc) is 3.19. The molecule has 5 aromatic rings. The quantitative estimate of drug-likeness (QED) is 0.501. The first-order valence-corrected chi connectivity index (χ1v) is 8.17. The lowest BCUT2D eigenvalue weighted by molar-refractivity contribution is 0.479. The van der Waals surface area contributed by atoms with Crippen LogP contribution < -0.4 is 11.3 Å². The Hall–Kier alpha value is -3.61. The molecule has 3 aromatic heterocycles. The van der Waals surface area contributed by atoms with Crippen LogP contribution in [-0.4, -0.2) is 14.1 Å². The van der Waals surface area contributed by atoms with E-state index in [1.807, 2.05) is 30.3 Å². The number of fused-ring (bicyclic) bond motifs is 4. The van der Waals surface area contributed by atoms with E-state index in [1.54, 1.807) is 18.2 Å². The predicted octanol–water partition coefficient (Wildman–Crippen LogP) is 2.75. The minimum Gasteiger partial charge on any atom is -0.448 e. The molecule has 0 N–H and O–H groups in total. The van der Waals surface area contributed by atoms with Crippen molar-refractivity contribution in [2.45, 2.75) is 13.1 Å². The smallest absolute Gasteiger partial charge is 0.420 e. The molecule has 26 heavy (non-hydrogen) atoms. The highest BCUT2D eigenvalue weighted by molar-refractivity contribution is 6.01. The van der Waals surface area contributed by atoms with Crippen LogP contribution in [0.2, 0.25) is 0 Å². The lowest BCUT2D eigenvalue weighted by Gasteiger charge is -2.05. The van der Waals surface area contributed by atoms with Gasteiger partial charge in [-0.25, -0.2) is 9.78 Å². The molecule has 3 heterocycles. The summed E-state index contributed by atoms with van der Waals surface area (Å²) in [6, 6.07) is 14.6. The number of oxazole rings is 1. The average molecular weight is 347 g/mol. The Balaban J connectivity index is 1.56. The zero-order valence-electron chi connectivity index (χ0n) is 13.6. The molecular formula is C19H13N3O4. The zero-order chi connectivity index (χ0) is 17.7. The van der Waals surface area contributed by atoms with Crippen LogP contribution in [0.25, 0.3) is 33.2 Å². The molecule has 128 valence electrons. The molecule has 0 radical (unpaired) electrons. The second kappa shape index (κ2) is 5.45. The molecule has 0 fully saturated rings. The fourth-order valence-corrected chi connectivity index (χ4v) is 3.21. The Labute approximate surface area is 145 Å². The third kappa shape index (κ3) is 2.10. The molecule has 0 saturated carbocycles. The fourth-order valence-electron chi connectivity index (χ4n) is 3.21. The monoisotopic (exact) mass is 347 g/mol. The van der Waals surface area contributed by atoms with E-state index in [4.69, 9.17) is 8.83 Å². The maximum atomic E-state index is 12.7. The molecule has 7 heteroatoms. The largest absolute Gasteiger partial charge is 0.448 e. The van der Waals surface area contributed by atoms with Crippen molar-refractivity contribution in [3.8, 4) is 0 Å². The van der Waals surface area contributed by atoms with Crippen LogP contribution in [0.3, 0.4) is 0 Å². The van der Waals surface area contributed by atoms with Crippen LogP contribution in [0.4, 0.5) is 0 Å². The summed E-state index contributed by atoms with van der Waals surface area (Å²) in [5.41, 5.74) is 2.35. The summed E-state index contributed by atoms with van der Waals surface area (Å²) in [7, 11) is 0. The predicted molar refractivity (Wildman–Crippen MR) is 96.2 cm³/mol. The van der Waals surface area contributed by atoms with Crippen molar-refractivity contribution >= 4 is 33.2 Å². The molecule has 0 saturated heterocycles. The van der Waals surface area contributed by atoms with Gasteiger partial charge >= 0.3 is 5.76 Å². The maximum absolute atomic E-state index is 12.7. The molecule has 0 amide bonds. The van der Waals surface area contributed by atoms with E-state index in [0.29, 0.717) is 28.7 Å². The number of para-hydroxylation sites is 3. The molecule has 5 rings (SSSR count). The van der Waals surface area contributed by atoms with Gasteiger partial charge in [-0.1, -0.05) is 24.3 Å². The van der Waals surface area contributed by atoms with E-state index >= 15 is 0 Å². The molecular weight excluding hydrogens is 334 g/mol. The molecule has 0 unspecified atom stereocenters. The van der Waals surface area contributed by atoms with Gasteiger partial charge in [-0.2, -0.15) is 0 Å². The Morgan fingerprint density at radius 1 is 0.885 bits per heavy atom. The van der Waals surface area contributed by atoms with Gasteiger partial charge in [-0.15, -0.1) is 0 Å². The number of furan rings is 1. The van der Waals surface area contributed by atoms with Crippen molar-refractivity contribution in [3.05, 3.63) is 75.8 Å². The number of hydrogen-bond donors (Lipinski definition) is 0. The Morgan fingerprint density at radius 2 is 1.65 bits per heavy atom. The van der Waals surface area contributed by atoms with Gasteiger partial charge in [0.15, 0.2) is 5.58 Å². The van der Waals surface area contributed by atoms with Crippen molar-refractivity contribution in [1.29, 1.82) is 0 Å². The van der Waals surface area contributed by atoms with Gasteiger partial charge in [0, 0.05) is 18.5 Å². The first kappa shape index (κ1) is 14.7. The Bertz CT molecular complexity index is 1390. The van der Waals surface area contributed by atoms with Crippen molar-refractivity contribution < 1.29 is 8.83 Å². The molecule has 7 nitrogen and oxygen atoms in total. The summed E-state index contributed by atoms with van der Waals surface area (Å²) in [6.45, 7) is 0.575. The van der Waals surface area contributed by atoms with E-state index in [0.717, 1.165) is 5.39 Å². The molecule has 0 spiro atoms. The first-order chi connectivity index (χ1) is 12.7. The van der Waals surface area contributed by atoms with Gasteiger partial charge in [-0.3, -0.25) is 13.9 Å². The van der Waals surface area contributed by atoms with E-state index < -0.39 is 5.76 Å². The molecule has 2 aromatic carbocycles. The van der Waals surface area contributed by atoms with E-state index in [1.165, 1.54) is 15.5 Å². The maximum Gasteiger partial charge on any atom is 0.420 e. The van der Waals surface area contributed by atoms with Gasteiger partial charge in [0.2, 0.25) is 5.58 Å². The minimum absolute atomic E-state index is 0.220. The van der Waals surface area contributed by atoms with Crippen molar-refractivity contribution in [2.75, 3.05) is 0 Å². The van der Waals surface area contributed by atoms with E-state index in [2.05, 4.69) is 4.98 Å². The zero-order valence-corrected chi connectivity index (χ0v) is 13.6. The summed E-state index contributed by atoms with van der Waals surface area (Å²) in [5.74, 6) is -0.447. The fraction of sp³-hybridized carbons (Fsp3) is 0.105. The minimum atomic E-state index is -0.447. The highest BCUT2D eigenvalue weighted by atomic mass is 16.4. The van der Waals surface area contributed by atoms with Gasteiger partial charge in [0.05, 0.1) is 11.8 Å². The topological polar surface area (TPSA) is 83.2 Å². The summed E-state index contributed by atoms with van der Waals surface area (Å²) < 4.78 is 13.8. The highest BCUT2D eigenvalue weighted by Gasteiger charge is 2.14. The van der Waals surface area contributed by atoms with Crippen LogP contribution in [-0.2, 0) is 13.1 Å². The standard InChI is InChI=1S/C19H13N3O4/c23-18-17-16(12-5-1-3-7-14(12)25-17)20-11-21(18)9-10-22-13-6-2-4-8-15(13)26-19(22)24/h1-8,11H,9-10H2. The summed E-state index contributed by atoms with van der Waals surface area (Å²) in [4.78, 5) is 29.1. The second-order valence-corrected chi connectivity index (χ2v) is 6.01. The van der Waals surface area contributed by atoms with E-state index in [9.17, 15) is 9.59 Å². The second-order valence-electron chi connectivity index (χ2n) is 6.01. The lowest BCUT2D eigenvalue weighted by Crippen LogP contribution is -2.25. The number of nitrogens with zero attached hydrogens (tertiary/aromatic N) is 3. The normalized spacial score (nSPS) is 11.7. The molecule has 0 aliphatic heterocycles. The number of benzene rings is 2. The third-order valence-corrected chi connectivity index (χ3v) is 4.49. The number of hydrogen-bond acceptors (Lipinski definition) is 5. The summed E-state index contributed by atoms with van der Waals surface area (Å²) >= 11 is 0.